The predicted octanol–water partition coefficient (Wildman–Crippen LogP) is 11.3. The first-order chi connectivity index (χ1) is 23.3. The van der Waals surface area contributed by atoms with Crippen LogP contribution in [0.3, 0.4) is 0 Å². The third-order valence-electron chi connectivity index (χ3n) is 9.52. The normalized spacial score (nSPS) is 11.8. The highest BCUT2D eigenvalue weighted by Crippen LogP contribution is 2.41. The molecular weight excluding hydrogens is 574 g/mol. The molecule has 0 bridgehead atoms. The lowest BCUT2D eigenvalue weighted by molar-refractivity contribution is 0.669. The van der Waals surface area contributed by atoms with Gasteiger partial charge in [-0.25, -0.2) is 0 Å². The van der Waals surface area contributed by atoms with E-state index < -0.39 is 0 Å². The van der Waals surface area contributed by atoms with Gasteiger partial charge in [-0.3, -0.25) is 0 Å². The SMILES string of the molecule is N#Cc1cc(-c2ccc(-n3c4ccccc4c4c5c(ccc43)oc3ccccc35)cc2)cc(-n2c3ccccc3c3ccccc32)c1. The number of furan rings is 1. The van der Waals surface area contributed by atoms with Crippen molar-refractivity contribution in [3.63, 3.8) is 0 Å². The second-order valence-corrected chi connectivity index (χ2v) is 12.1. The summed E-state index contributed by atoms with van der Waals surface area (Å²) in [6.45, 7) is 0. The van der Waals surface area contributed by atoms with E-state index in [-0.39, 0.29) is 0 Å². The van der Waals surface area contributed by atoms with Crippen LogP contribution in [0, 0.1) is 11.3 Å². The van der Waals surface area contributed by atoms with Crippen LogP contribution >= 0.6 is 0 Å². The lowest BCUT2D eigenvalue weighted by Gasteiger charge is -2.13. The number of aromatic nitrogens is 2. The van der Waals surface area contributed by atoms with Crippen molar-refractivity contribution in [1.82, 2.24) is 9.13 Å². The van der Waals surface area contributed by atoms with E-state index in [0.29, 0.717) is 5.56 Å². The first kappa shape index (κ1) is 25.7. The Morgan fingerprint density at radius 3 is 1.72 bits per heavy atom. The fourth-order valence-electron chi connectivity index (χ4n) is 7.53. The van der Waals surface area contributed by atoms with Gasteiger partial charge in [-0.1, -0.05) is 84.9 Å². The summed E-state index contributed by atoms with van der Waals surface area (Å²) in [5, 5.41) is 17.1. The summed E-state index contributed by atoms with van der Waals surface area (Å²) in [4.78, 5) is 0. The van der Waals surface area contributed by atoms with Crippen LogP contribution < -0.4 is 0 Å². The number of benzene rings is 7. The Hall–Kier alpha value is -6.57. The topological polar surface area (TPSA) is 46.8 Å². The fraction of sp³-hybridized carbons (Fsp3) is 0. The molecule has 0 amide bonds. The van der Waals surface area contributed by atoms with Crippen LogP contribution in [-0.4, -0.2) is 9.13 Å². The van der Waals surface area contributed by atoms with Gasteiger partial charge in [0, 0.05) is 43.7 Å². The monoisotopic (exact) mass is 599 g/mol. The molecule has 0 aliphatic heterocycles. The highest BCUT2D eigenvalue weighted by molar-refractivity contribution is 6.27. The summed E-state index contributed by atoms with van der Waals surface area (Å²) in [5.74, 6) is 0. The fourth-order valence-corrected chi connectivity index (χ4v) is 7.53. The van der Waals surface area contributed by atoms with E-state index in [2.05, 4.69) is 143 Å². The highest BCUT2D eigenvalue weighted by Gasteiger charge is 2.19. The molecule has 0 saturated carbocycles. The van der Waals surface area contributed by atoms with Crippen molar-refractivity contribution in [2.75, 3.05) is 0 Å². The number of fused-ring (bicyclic) bond motifs is 10. The smallest absolute Gasteiger partial charge is 0.136 e. The Morgan fingerprint density at radius 1 is 0.426 bits per heavy atom. The van der Waals surface area contributed by atoms with E-state index in [0.717, 1.165) is 66.5 Å². The molecule has 0 aliphatic rings. The van der Waals surface area contributed by atoms with Gasteiger partial charge in [0.1, 0.15) is 11.2 Å². The van der Waals surface area contributed by atoms with Gasteiger partial charge < -0.3 is 13.6 Å². The number of hydrogen-bond acceptors (Lipinski definition) is 2. The lowest BCUT2D eigenvalue weighted by atomic mass is 10.0. The highest BCUT2D eigenvalue weighted by atomic mass is 16.3. The quantitative estimate of drug-likeness (QED) is 0.203. The van der Waals surface area contributed by atoms with Crippen LogP contribution in [0.2, 0.25) is 0 Å². The zero-order chi connectivity index (χ0) is 31.1. The van der Waals surface area contributed by atoms with Crippen LogP contribution in [0.15, 0.2) is 156 Å². The molecule has 0 unspecified atom stereocenters. The molecule has 0 aliphatic carbocycles. The molecule has 0 N–H and O–H groups in total. The van der Waals surface area contributed by atoms with Gasteiger partial charge in [0.15, 0.2) is 0 Å². The number of para-hydroxylation sites is 4. The van der Waals surface area contributed by atoms with E-state index in [4.69, 9.17) is 4.42 Å². The molecule has 3 aromatic heterocycles. The summed E-state index contributed by atoms with van der Waals surface area (Å²) in [5.41, 5.74) is 11.0. The molecule has 0 atom stereocenters. The summed E-state index contributed by atoms with van der Waals surface area (Å²) >= 11 is 0. The van der Waals surface area contributed by atoms with Gasteiger partial charge in [-0.2, -0.15) is 5.26 Å². The molecule has 0 radical (unpaired) electrons. The summed E-state index contributed by atoms with van der Waals surface area (Å²) in [6, 6.07) is 55.3. The molecule has 4 nitrogen and oxygen atoms in total. The average Bonchev–Trinajstić information content (AvgIpc) is 3.79. The van der Waals surface area contributed by atoms with Crippen LogP contribution in [-0.2, 0) is 0 Å². The Labute approximate surface area is 269 Å². The van der Waals surface area contributed by atoms with E-state index in [1.807, 2.05) is 24.3 Å². The second-order valence-electron chi connectivity index (χ2n) is 12.1. The molecule has 0 fully saturated rings. The minimum absolute atomic E-state index is 0.627. The first-order valence-electron chi connectivity index (χ1n) is 15.7. The Morgan fingerprint density at radius 2 is 1.02 bits per heavy atom. The maximum absolute atomic E-state index is 10.1. The molecule has 0 spiro atoms. The van der Waals surface area contributed by atoms with E-state index in [1.54, 1.807) is 0 Å². The van der Waals surface area contributed by atoms with Gasteiger partial charge in [0.2, 0.25) is 0 Å². The van der Waals surface area contributed by atoms with Crippen molar-refractivity contribution in [1.29, 1.82) is 5.26 Å². The number of nitriles is 1. The summed E-state index contributed by atoms with van der Waals surface area (Å²) in [7, 11) is 0. The summed E-state index contributed by atoms with van der Waals surface area (Å²) in [6.07, 6.45) is 0. The van der Waals surface area contributed by atoms with Gasteiger partial charge in [-0.05, 0) is 77.9 Å². The zero-order valence-corrected chi connectivity index (χ0v) is 25.2. The van der Waals surface area contributed by atoms with E-state index in [9.17, 15) is 5.26 Å². The third kappa shape index (κ3) is 3.69. The Kier molecular flexibility index (Phi) is 5.32. The van der Waals surface area contributed by atoms with Crippen LogP contribution in [0.5, 0.6) is 0 Å². The first-order valence-corrected chi connectivity index (χ1v) is 15.7. The van der Waals surface area contributed by atoms with Crippen molar-refractivity contribution < 1.29 is 4.42 Å². The van der Waals surface area contributed by atoms with Crippen molar-refractivity contribution in [3.05, 3.63) is 157 Å². The maximum Gasteiger partial charge on any atom is 0.136 e. The van der Waals surface area contributed by atoms with E-state index in [1.165, 1.54) is 21.5 Å². The molecule has 0 saturated heterocycles. The van der Waals surface area contributed by atoms with E-state index >= 15 is 0 Å². The molecule has 3 heterocycles. The molecule has 10 aromatic rings. The van der Waals surface area contributed by atoms with Crippen molar-refractivity contribution in [2.24, 2.45) is 0 Å². The van der Waals surface area contributed by atoms with Gasteiger partial charge in [0.05, 0.1) is 33.7 Å². The van der Waals surface area contributed by atoms with Gasteiger partial charge >= 0.3 is 0 Å². The number of rotatable bonds is 3. The van der Waals surface area contributed by atoms with Crippen LogP contribution in [0.4, 0.5) is 0 Å². The Bertz CT molecular complexity index is 2860. The number of hydrogen-bond donors (Lipinski definition) is 0. The molecule has 4 heteroatoms. The number of nitrogens with zero attached hydrogens (tertiary/aromatic N) is 3. The van der Waals surface area contributed by atoms with Crippen molar-refractivity contribution >= 4 is 65.6 Å². The zero-order valence-electron chi connectivity index (χ0n) is 25.2. The molecular formula is C43H25N3O. The maximum atomic E-state index is 10.1. The minimum Gasteiger partial charge on any atom is -0.456 e. The second kappa shape index (κ2) is 9.71. The van der Waals surface area contributed by atoms with Gasteiger partial charge in [0.25, 0.3) is 0 Å². The Balaban J connectivity index is 1.15. The third-order valence-corrected chi connectivity index (χ3v) is 9.52. The van der Waals surface area contributed by atoms with Crippen molar-refractivity contribution in [3.8, 4) is 28.6 Å². The summed E-state index contributed by atoms with van der Waals surface area (Å²) < 4.78 is 10.9. The standard InChI is InChI=1S/C43H25N3O/c44-26-27-23-29(25-31(24-27)46-36-13-5-1-9-32(36)33-10-2-6-14-37(33)46)28-17-19-30(20-18-28)45-38-15-7-3-11-34(38)42-39(45)21-22-41-43(42)35-12-4-8-16-40(35)47-41/h1-25H. The largest absolute Gasteiger partial charge is 0.456 e. The molecule has 47 heavy (non-hydrogen) atoms. The van der Waals surface area contributed by atoms with Crippen molar-refractivity contribution in [2.45, 2.75) is 0 Å². The minimum atomic E-state index is 0.627. The predicted molar refractivity (Wildman–Crippen MR) is 193 cm³/mol. The molecule has 7 aromatic carbocycles. The average molecular weight is 600 g/mol. The lowest BCUT2D eigenvalue weighted by Crippen LogP contribution is -1.96. The van der Waals surface area contributed by atoms with Gasteiger partial charge in [-0.15, -0.1) is 0 Å². The molecule has 218 valence electrons. The van der Waals surface area contributed by atoms with Crippen LogP contribution in [0.25, 0.3) is 88.1 Å². The molecule has 10 rings (SSSR count). The van der Waals surface area contributed by atoms with Crippen LogP contribution in [0.1, 0.15) is 5.56 Å².